The number of aromatic nitrogens is 2. The van der Waals surface area contributed by atoms with Crippen LogP contribution in [-0.2, 0) is 6.42 Å². The minimum Gasteiger partial charge on any atom is -0.342 e. The number of amides is 2. The Morgan fingerprint density at radius 1 is 1.03 bits per heavy atom. The second-order valence-electron chi connectivity index (χ2n) is 9.59. The van der Waals surface area contributed by atoms with E-state index in [1.807, 2.05) is 30.3 Å². The quantitative estimate of drug-likeness (QED) is 0.446. The number of rotatable bonds is 5. The van der Waals surface area contributed by atoms with Crippen LogP contribution in [0.2, 0.25) is 0 Å². The van der Waals surface area contributed by atoms with Gasteiger partial charge in [0.2, 0.25) is 0 Å². The van der Waals surface area contributed by atoms with Gasteiger partial charge in [-0.2, -0.15) is 0 Å². The van der Waals surface area contributed by atoms with Crippen molar-refractivity contribution in [1.82, 2.24) is 14.9 Å². The number of hydrogen-bond donors (Lipinski definition) is 1. The van der Waals surface area contributed by atoms with Gasteiger partial charge in [-0.1, -0.05) is 49.8 Å². The molecule has 5 rings (SSSR count). The predicted molar refractivity (Wildman–Crippen MR) is 125 cm³/mol. The Labute approximate surface area is 188 Å². The largest absolute Gasteiger partial charge is 0.342 e. The van der Waals surface area contributed by atoms with Gasteiger partial charge in [-0.15, -0.1) is 0 Å². The third kappa shape index (κ3) is 3.56. The number of fused-ring (bicyclic) bond motifs is 2. The fourth-order valence-electron chi connectivity index (χ4n) is 5.44. The Morgan fingerprint density at radius 2 is 1.69 bits per heavy atom. The van der Waals surface area contributed by atoms with Crippen LogP contribution >= 0.6 is 0 Å². The normalized spacial score (nSPS) is 23.2. The lowest BCUT2D eigenvalue weighted by molar-refractivity contribution is 0.0605. The van der Waals surface area contributed by atoms with Crippen LogP contribution in [-0.4, -0.2) is 33.2 Å². The van der Waals surface area contributed by atoms with E-state index < -0.39 is 0 Å². The SMILES string of the molecule is CC1=C[C@@H](CN2C(=O)c3ccccc3C2=O)[C@H](C(C)C)C[C@H]1Cc1nc2ccccc2[nH]1. The van der Waals surface area contributed by atoms with Gasteiger partial charge in [0.1, 0.15) is 5.82 Å². The predicted octanol–water partition coefficient (Wildman–Crippen LogP) is 5.26. The van der Waals surface area contributed by atoms with Crippen LogP contribution in [0.4, 0.5) is 0 Å². The topological polar surface area (TPSA) is 66.1 Å². The van der Waals surface area contributed by atoms with E-state index in [9.17, 15) is 9.59 Å². The van der Waals surface area contributed by atoms with Gasteiger partial charge in [-0.3, -0.25) is 14.5 Å². The first-order valence-electron chi connectivity index (χ1n) is 11.5. The molecular weight excluding hydrogens is 398 g/mol. The van der Waals surface area contributed by atoms with Crippen molar-refractivity contribution >= 4 is 22.8 Å². The molecule has 1 aliphatic carbocycles. The van der Waals surface area contributed by atoms with Crippen LogP contribution in [0.1, 0.15) is 53.7 Å². The summed E-state index contributed by atoms with van der Waals surface area (Å²) in [5.41, 5.74) is 4.45. The number of imidazole rings is 1. The summed E-state index contributed by atoms with van der Waals surface area (Å²) in [5.74, 6) is 2.12. The highest BCUT2D eigenvalue weighted by Crippen LogP contribution is 2.40. The Kier molecular flexibility index (Phi) is 5.20. The molecule has 2 aliphatic rings. The highest BCUT2D eigenvalue weighted by Gasteiger charge is 2.39. The molecule has 0 fully saturated rings. The van der Waals surface area contributed by atoms with Crippen molar-refractivity contribution in [2.45, 2.75) is 33.6 Å². The Balaban J connectivity index is 1.37. The minimum absolute atomic E-state index is 0.163. The molecular formula is C27H29N3O2. The highest BCUT2D eigenvalue weighted by molar-refractivity contribution is 6.21. The lowest BCUT2D eigenvalue weighted by Gasteiger charge is -2.38. The van der Waals surface area contributed by atoms with Gasteiger partial charge in [0.25, 0.3) is 11.8 Å². The number of benzene rings is 2. The number of imide groups is 1. The maximum Gasteiger partial charge on any atom is 0.261 e. The average Bonchev–Trinajstić information content (AvgIpc) is 3.29. The first kappa shape index (κ1) is 20.7. The van der Waals surface area contributed by atoms with Crippen molar-refractivity contribution in [3.63, 3.8) is 0 Å². The summed E-state index contributed by atoms with van der Waals surface area (Å²) in [7, 11) is 0. The molecule has 0 unspecified atom stereocenters. The summed E-state index contributed by atoms with van der Waals surface area (Å²) in [5, 5.41) is 0. The number of nitrogens with zero attached hydrogens (tertiary/aromatic N) is 2. The van der Waals surface area contributed by atoms with Crippen molar-refractivity contribution in [1.29, 1.82) is 0 Å². The molecule has 0 saturated heterocycles. The second kappa shape index (κ2) is 8.05. The number of para-hydroxylation sites is 2. The van der Waals surface area contributed by atoms with Crippen LogP contribution in [0.3, 0.4) is 0 Å². The van der Waals surface area contributed by atoms with Crippen molar-refractivity contribution in [3.8, 4) is 0 Å². The molecule has 164 valence electrons. The first-order chi connectivity index (χ1) is 15.4. The lowest BCUT2D eigenvalue weighted by atomic mass is 9.69. The molecule has 2 amide bonds. The lowest BCUT2D eigenvalue weighted by Crippen LogP contribution is -2.40. The molecule has 2 heterocycles. The Hall–Kier alpha value is -3.21. The molecule has 1 aliphatic heterocycles. The van der Waals surface area contributed by atoms with Crippen LogP contribution in [0.5, 0.6) is 0 Å². The monoisotopic (exact) mass is 427 g/mol. The minimum atomic E-state index is -0.163. The second-order valence-corrected chi connectivity index (χ2v) is 9.59. The molecule has 1 aromatic heterocycles. The average molecular weight is 428 g/mol. The highest BCUT2D eigenvalue weighted by atomic mass is 16.2. The van der Waals surface area contributed by atoms with Gasteiger partial charge in [0, 0.05) is 13.0 Å². The fraction of sp³-hybridized carbons (Fsp3) is 0.370. The molecule has 2 aromatic carbocycles. The van der Waals surface area contributed by atoms with Crippen molar-refractivity contribution < 1.29 is 9.59 Å². The number of hydrogen-bond acceptors (Lipinski definition) is 3. The Bertz CT molecular complexity index is 1150. The number of aromatic amines is 1. The molecule has 0 radical (unpaired) electrons. The summed E-state index contributed by atoms with van der Waals surface area (Å²) in [6.07, 6.45) is 4.22. The number of H-pyrrole nitrogens is 1. The summed E-state index contributed by atoms with van der Waals surface area (Å²) in [4.78, 5) is 35.5. The molecule has 5 heteroatoms. The van der Waals surface area contributed by atoms with Gasteiger partial charge >= 0.3 is 0 Å². The van der Waals surface area contributed by atoms with E-state index in [2.05, 4.69) is 37.9 Å². The van der Waals surface area contributed by atoms with Gasteiger partial charge in [0.05, 0.1) is 22.2 Å². The molecule has 3 atom stereocenters. The summed E-state index contributed by atoms with van der Waals surface area (Å²) in [6, 6.07) is 15.3. The van der Waals surface area contributed by atoms with E-state index in [0.29, 0.717) is 35.4 Å². The fourth-order valence-corrected chi connectivity index (χ4v) is 5.44. The maximum atomic E-state index is 12.9. The van der Waals surface area contributed by atoms with E-state index in [1.165, 1.54) is 10.5 Å². The maximum absolute atomic E-state index is 12.9. The molecule has 0 bridgehead atoms. The molecule has 0 saturated carbocycles. The zero-order valence-corrected chi connectivity index (χ0v) is 18.8. The van der Waals surface area contributed by atoms with Crippen LogP contribution in [0.25, 0.3) is 11.0 Å². The third-order valence-electron chi connectivity index (χ3n) is 7.23. The number of carbonyl (C=O) groups excluding carboxylic acids is 2. The number of nitrogens with one attached hydrogen (secondary N) is 1. The van der Waals surface area contributed by atoms with Gasteiger partial charge in [0.15, 0.2) is 0 Å². The first-order valence-corrected chi connectivity index (χ1v) is 11.5. The van der Waals surface area contributed by atoms with Crippen LogP contribution in [0.15, 0.2) is 60.2 Å². The standard InChI is InChI=1S/C27H29N3O2/c1-16(2)22-13-18(14-25-28-23-10-6-7-11-24(23)29-25)17(3)12-19(22)15-30-26(31)20-8-4-5-9-21(20)27(30)32/h4-12,16,18-19,22H,13-15H2,1-3H3,(H,28,29)/t18-,19-,22-/m0/s1. The number of carbonyl (C=O) groups is 2. The van der Waals surface area contributed by atoms with Gasteiger partial charge in [-0.05, 0) is 61.3 Å². The smallest absolute Gasteiger partial charge is 0.261 e. The van der Waals surface area contributed by atoms with Crippen molar-refractivity contribution in [3.05, 3.63) is 77.1 Å². The molecule has 32 heavy (non-hydrogen) atoms. The van der Waals surface area contributed by atoms with Crippen LogP contribution < -0.4 is 0 Å². The van der Waals surface area contributed by atoms with E-state index in [4.69, 9.17) is 4.98 Å². The van der Waals surface area contributed by atoms with Crippen molar-refractivity contribution in [2.24, 2.45) is 23.7 Å². The summed E-state index contributed by atoms with van der Waals surface area (Å²) >= 11 is 0. The summed E-state index contributed by atoms with van der Waals surface area (Å²) < 4.78 is 0. The third-order valence-corrected chi connectivity index (χ3v) is 7.23. The zero-order valence-electron chi connectivity index (χ0n) is 18.8. The van der Waals surface area contributed by atoms with E-state index >= 15 is 0 Å². The van der Waals surface area contributed by atoms with E-state index in [-0.39, 0.29) is 17.7 Å². The molecule has 3 aromatic rings. The van der Waals surface area contributed by atoms with E-state index in [0.717, 1.165) is 29.7 Å². The molecule has 5 nitrogen and oxygen atoms in total. The van der Waals surface area contributed by atoms with E-state index in [1.54, 1.807) is 12.1 Å². The molecule has 0 spiro atoms. The van der Waals surface area contributed by atoms with Crippen LogP contribution in [0, 0.1) is 23.7 Å². The van der Waals surface area contributed by atoms with Gasteiger partial charge in [-0.25, -0.2) is 4.98 Å². The van der Waals surface area contributed by atoms with Crippen molar-refractivity contribution in [2.75, 3.05) is 6.54 Å². The summed E-state index contributed by atoms with van der Waals surface area (Å²) in [6.45, 7) is 7.11. The Morgan fingerprint density at radius 3 is 2.34 bits per heavy atom. The van der Waals surface area contributed by atoms with Gasteiger partial charge < -0.3 is 4.98 Å². The zero-order chi connectivity index (χ0) is 22.4. The molecule has 1 N–H and O–H groups in total. The number of allylic oxidation sites excluding steroid dienone is 1.